The molecule has 6 heteroatoms. The highest BCUT2D eigenvalue weighted by Crippen LogP contribution is 2.26. The van der Waals surface area contributed by atoms with Gasteiger partial charge in [-0.2, -0.15) is 0 Å². The maximum atomic E-state index is 13.2. The third-order valence-electron chi connectivity index (χ3n) is 4.97. The van der Waals surface area contributed by atoms with Crippen LogP contribution in [0.1, 0.15) is 38.2 Å². The first-order valence-electron chi connectivity index (χ1n) is 8.68. The molecule has 2 N–H and O–H groups in total. The lowest BCUT2D eigenvalue weighted by Crippen LogP contribution is -2.36. The smallest absolute Gasteiger partial charge is 0.262 e. The van der Waals surface area contributed by atoms with Gasteiger partial charge in [0.05, 0.1) is 12.6 Å². The Balaban J connectivity index is 1.54. The maximum Gasteiger partial charge on any atom is 0.262 e. The maximum absolute atomic E-state index is 13.2. The van der Waals surface area contributed by atoms with E-state index in [1.54, 1.807) is 0 Å². The van der Waals surface area contributed by atoms with Gasteiger partial charge in [-0.15, -0.1) is 0 Å². The molecule has 0 spiro atoms. The van der Waals surface area contributed by atoms with Gasteiger partial charge < -0.3 is 5.32 Å². The van der Waals surface area contributed by atoms with Crippen molar-refractivity contribution in [2.45, 2.75) is 57.2 Å². The fourth-order valence-electron chi connectivity index (χ4n) is 3.45. The van der Waals surface area contributed by atoms with Crippen molar-refractivity contribution in [1.29, 1.82) is 0 Å². The van der Waals surface area contributed by atoms with Crippen molar-refractivity contribution in [2.24, 2.45) is 0 Å². The average Bonchev–Trinajstić information content (AvgIpc) is 2.92. The summed E-state index contributed by atoms with van der Waals surface area (Å²) in [7, 11) is 0. The fraction of sp³-hybridized carbons (Fsp3) is 0.611. The molecule has 0 aromatic heterocycles. The molecule has 1 aromatic rings. The number of hydrogen-bond acceptors (Lipinski definition) is 3. The number of hydrogen-bond donors (Lipinski definition) is 2. The largest absolute Gasteiger partial charge is 0.325 e. The van der Waals surface area contributed by atoms with E-state index in [1.165, 1.54) is 24.8 Å². The average molecular weight is 337 g/mol. The van der Waals surface area contributed by atoms with Crippen LogP contribution in [0.4, 0.5) is 14.5 Å². The molecule has 0 bridgehead atoms. The summed E-state index contributed by atoms with van der Waals surface area (Å²) >= 11 is 0. The predicted molar refractivity (Wildman–Crippen MR) is 90.1 cm³/mol. The SMILES string of the molecule is CC1CCCCN1Cc1ccc(NC(=O)C2CC(F)(F)CN2)cc1. The molecule has 2 aliphatic rings. The first-order chi connectivity index (χ1) is 11.4. The third kappa shape index (κ3) is 4.30. The lowest BCUT2D eigenvalue weighted by atomic mass is 10.0. The molecule has 0 radical (unpaired) electrons. The number of carbonyl (C=O) groups excluding carboxylic acids is 1. The highest BCUT2D eigenvalue weighted by molar-refractivity contribution is 5.95. The third-order valence-corrected chi connectivity index (χ3v) is 4.97. The van der Waals surface area contributed by atoms with Crippen molar-refractivity contribution in [3.63, 3.8) is 0 Å². The van der Waals surface area contributed by atoms with E-state index in [2.05, 4.69) is 22.5 Å². The Morgan fingerprint density at radius 3 is 2.71 bits per heavy atom. The molecule has 2 aliphatic heterocycles. The molecule has 2 fully saturated rings. The van der Waals surface area contributed by atoms with E-state index < -0.39 is 30.8 Å². The number of anilines is 1. The van der Waals surface area contributed by atoms with Gasteiger partial charge in [-0.1, -0.05) is 18.6 Å². The Morgan fingerprint density at radius 1 is 1.33 bits per heavy atom. The van der Waals surface area contributed by atoms with Crippen molar-refractivity contribution in [3.8, 4) is 0 Å². The van der Waals surface area contributed by atoms with Gasteiger partial charge in [0.2, 0.25) is 5.91 Å². The summed E-state index contributed by atoms with van der Waals surface area (Å²) in [4.78, 5) is 14.5. The number of nitrogens with zero attached hydrogens (tertiary/aromatic N) is 1. The number of amides is 1. The lowest BCUT2D eigenvalue weighted by Gasteiger charge is -2.33. The van der Waals surface area contributed by atoms with E-state index in [9.17, 15) is 13.6 Å². The first kappa shape index (κ1) is 17.3. The minimum atomic E-state index is -2.79. The van der Waals surface area contributed by atoms with Crippen molar-refractivity contribution < 1.29 is 13.6 Å². The normalized spacial score (nSPS) is 27.1. The zero-order valence-corrected chi connectivity index (χ0v) is 14.0. The monoisotopic (exact) mass is 337 g/mol. The number of nitrogens with one attached hydrogen (secondary N) is 2. The predicted octanol–water partition coefficient (Wildman–Crippen LogP) is 3.00. The van der Waals surface area contributed by atoms with Crippen LogP contribution in [0.2, 0.25) is 0 Å². The van der Waals surface area contributed by atoms with Gasteiger partial charge in [-0.05, 0) is 44.0 Å². The van der Waals surface area contributed by atoms with Gasteiger partial charge in [-0.3, -0.25) is 15.0 Å². The quantitative estimate of drug-likeness (QED) is 0.888. The number of halogens is 2. The van der Waals surface area contributed by atoms with Crippen molar-refractivity contribution >= 4 is 11.6 Å². The molecule has 24 heavy (non-hydrogen) atoms. The molecule has 3 rings (SSSR count). The Morgan fingerprint density at radius 2 is 2.08 bits per heavy atom. The molecule has 4 nitrogen and oxygen atoms in total. The van der Waals surface area contributed by atoms with Crippen LogP contribution in [0, 0.1) is 0 Å². The van der Waals surface area contributed by atoms with Crippen molar-refractivity contribution in [1.82, 2.24) is 10.2 Å². The minimum Gasteiger partial charge on any atom is -0.325 e. The van der Waals surface area contributed by atoms with Gasteiger partial charge in [0.15, 0.2) is 0 Å². The summed E-state index contributed by atoms with van der Waals surface area (Å²) in [6.07, 6.45) is 3.35. The zero-order valence-electron chi connectivity index (χ0n) is 14.0. The summed E-state index contributed by atoms with van der Waals surface area (Å²) in [6.45, 7) is 3.86. The molecule has 2 heterocycles. The minimum absolute atomic E-state index is 0.399. The highest BCUT2D eigenvalue weighted by atomic mass is 19.3. The number of piperidine rings is 1. The van der Waals surface area contributed by atoms with E-state index >= 15 is 0 Å². The summed E-state index contributed by atoms with van der Waals surface area (Å²) in [6, 6.07) is 7.45. The fourth-order valence-corrected chi connectivity index (χ4v) is 3.45. The van der Waals surface area contributed by atoms with Crippen LogP contribution in [0.25, 0.3) is 0 Å². The Labute approximate surface area is 141 Å². The van der Waals surface area contributed by atoms with Gasteiger partial charge in [0.1, 0.15) is 0 Å². The molecule has 0 saturated carbocycles. The Hall–Kier alpha value is -1.53. The number of rotatable bonds is 4. The summed E-state index contributed by atoms with van der Waals surface area (Å²) in [5.74, 6) is -3.19. The number of alkyl halides is 2. The number of likely N-dealkylation sites (tertiary alicyclic amines) is 1. The Bertz CT molecular complexity index is 576. The van der Waals surface area contributed by atoms with E-state index in [0.717, 1.165) is 13.1 Å². The van der Waals surface area contributed by atoms with Crippen LogP contribution in [-0.4, -0.2) is 41.9 Å². The Kier molecular flexibility index (Phi) is 5.15. The first-order valence-corrected chi connectivity index (χ1v) is 8.68. The van der Waals surface area contributed by atoms with Crippen LogP contribution in [0.5, 0.6) is 0 Å². The van der Waals surface area contributed by atoms with Gasteiger partial charge in [-0.25, -0.2) is 8.78 Å². The van der Waals surface area contributed by atoms with Crippen LogP contribution in [0.3, 0.4) is 0 Å². The van der Waals surface area contributed by atoms with E-state index in [-0.39, 0.29) is 0 Å². The van der Waals surface area contributed by atoms with Gasteiger partial charge >= 0.3 is 0 Å². The second-order valence-corrected chi connectivity index (χ2v) is 7.00. The molecule has 2 saturated heterocycles. The van der Waals surface area contributed by atoms with Crippen LogP contribution in [0.15, 0.2) is 24.3 Å². The molecular weight excluding hydrogens is 312 g/mol. The van der Waals surface area contributed by atoms with Crippen LogP contribution < -0.4 is 10.6 Å². The van der Waals surface area contributed by atoms with E-state index in [4.69, 9.17) is 0 Å². The molecule has 0 aliphatic carbocycles. The number of carbonyl (C=O) groups is 1. The summed E-state index contributed by atoms with van der Waals surface area (Å²) in [5.41, 5.74) is 1.85. The van der Waals surface area contributed by atoms with E-state index in [1.807, 2.05) is 24.3 Å². The second kappa shape index (κ2) is 7.15. The molecule has 1 aromatic carbocycles. The zero-order chi connectivity index (χ0) is 17.2. The van der Waals surface area contributed by atoms with Crippen molar-refractivity contribution in [3.05, 3.63) is 29.8 Å². The molecule has 2 unspecified atom stereocenters. The molecule has 2 atom stereocenters. The topological polar surface area (TPSA) is 44.4 Å². The van der Waals surface area contributed by atoms with Crippen molar-refractivity contribution in [2.75, 3.05) is 18.4 Å². The summed E-state index contributed by atoms with van der Waals surface area (Å²) < 4.78 is 26.3. The molecule has 1 amide bonds. The van der Waals surface area contributed by atoms with E-state index in [0.29, 0.717) is 11.7 Å². The van der Waals surface area contributed by atoms with Crippen LogP contribution in [-0.2, 0) is 11.3 Å². The lowest BCUT2D eigenvalue weighted by molar-refractivity contribution is -0.118. The number of benzene rings is 1. The molecule has 132 valence electrons. The molecular formula is C18H25F2N3O. The second-order valence-electron chi connectivity index (χ2n) is 7.00. The standard InChI is InChI=1S/C18H25F2N3O/c1-13-4-2-3-9-23(13)11-14-5-7-15(8-6-14)22-17(24)16-10-18(19,20)12-21-16/h5-8,13,16,21H,2-4,9-12H2,1H3,(H,22,24). The van der Waals surface area contributed by atoms with Crippen LogP contribution >= 0.6 is 0 Å². The highest BCUT2D eigenvalue weighted by Gasteiger charge is 2.42. The summed E-state index contributed by atoms with van der Waals surface area (Å²) in [5, 5.41) is 5.28. The van der Waals surface area contributed by atoms with Gasteiger partial charge in [0, 0.05) is 24.7 Å². The van der Waals surface area contributed by atoms with Gasteiger partial charge in [0.25, 0.3) is 5.92 Å².